The second kappa shape index (κ2) is 8.47. The molecule has 0 atom stereocenters. The number of hydrogen-bond donors (Lipinski definition) is 1. The maximum atomic E-state index is 13.2. The normalized spacial score (nSPS) is 14.2. The smallest absolute Gasteiger partial charge is 0.254 e. The van der Waals surface area contributed by atoms with Crippen molar-refractivity contribution in [3.63, 3.8) is 0 Å². The molecule has 6 nitrogen and oxygen atoms in total. The van der Waals surface area contributed by atoms with Crippen LogP contribution in [0.3, 0.4) is 0 Å². The highest BCUT2D eigenvalue weighted by Crippen LogP contribution is 2.27. The van der Waals surface area contributed by atoms with Crippen molar-refractivity contribution in [2.45, 2.75) is 45.2 Å². The van der Waals surface area contributed by atoms with Gasteiger partial charge >= 0.3 is 0 Å². The molecule has 0 spiro atoms. The van der Waals surface area contributed by atoms with E-state index in [-0.39, 0.29) is 24.1 Å². The SMILES string of the molecule is CCOc1ccc2[nH]c(=O)c(CN(C(=O)c3ccncc3)C3CCCC3)cc2c1. The molecule has 4 rings (SSSR count). The van der Waals surface area contributed by atoms with Crippen molar-refractivity contribution < 1.29 is 9.53 Å². The Labute approximate surface area is 169 Å². The summed E-state index contributed by atoms with van der Waals surface area (Å²) in [5.74, 6) is 0.709. The van der Waals surface area contributed by atoms with Gasteiger partial charge < -0.3 is 14.6 Å². The Kier molecular flexibility index (Phi) is 5.60. The first kappa shape index (κ1) is 19.2. The van der Waals surface area contributed by atoms with Gasteiger partial charge in [-0.1, -0.05) is 12.8 Å². The fourth-order valence-electron chi connectivity index (χ4n) is 4.03. The number of aromatic amines is 1. The fraction of sp³-hybridized carbons (Fsp3) is 0.348. The molecule has 2 heterocycles. The van der Waals surface area contributed by atoms with Crippen molar-refractivity contribution >= 4 is 16.8 Å². The van der Waals surface area contributed by atoms with E-state index >= 15 is 0 Å². The van der Waals surface area contributed by atoms with Crippen LogP contribution in [0.2, 0.25) is 0 Å². The topological polar surface area (TPSA) is 75.3 Å². The van der Waals surface area contributed by atoms with Gasteiger partial charge in [-0.3, -0.25) is 14.6 Å². The molecule has 0 saturated heterocycles. The number of nitrogens with zero attached hydrogens (tertiary/aromatic N) is 2. The maximum absolute atomic E-state index is 13.2. The minimum atomic E-state index is -0.160. The van der Waals surface area contributed by atoms with Gasteiger partial charge in [0.1, 0.15) is 5.75 Å². The van der Waals surface area contributed by atoms with E-state index in [0.29, 0.717) is 17.7 Å². The summed E-state index contributed by atoms with van der Waals surface area (Å²) in [6.07, 6.45) is 7.40. The lowest BCUT2D eigenvalue weighted by molar-refractivity contribution is 0.0663. The molecule has 1 N–H and O–H groups in total. The number of carbonyl (C=O) groups is 1. The van der Waals surface area contributed by atoms with Crippen molar-refractivity contribution in [3.8, 4) is 5.75 Å². The first-order chi connectivity index (χ1) is 14.2. The molecule has 6 heteroatoms. The van der Waals surface area contributed by atoms with Gasteiger partial charge in [-0.15, -0.1) is 0 Å². The van der Waals surface area contributed by atoms with Crippen LogP contribution in [0.5, 0.6) is 5.75 Å². The number of rotatable bonds is 6. The van der Waals surface area contributed by atoms with Crippen LogP contribution in [0, 0.1) is 0 Å². The zero-order valence-corrected chi connectivity index (χ0v) is 16.6. The molecule has 1 amide bonds. The highest BCUT2D eigenvalue weighted by atomic mass is 16.5. The second-order valence-electron chi connectivity index (χ2n) is 7.41. The third-order valence-corrected chi connectivity index (χ3v) is 5.50. The maximum Gasteiger partial charge on any atom is 0.254 e. The van der Waals surface area contributed by atoms with Gasteiger partial charge in [0.05, 0.1) is 13.2 Å². The Morgan fingerprint density at radius 1 is 1.17 bits per heavy atom. The third kappa shape index (κ3) is 4.16. The van der Waals surface area contributed by atoms with Crippen LogP contribution in [0.25, 0.3) is 10.9 Å². The fourth-order valence-corrected chi connectivity index (χ4v) is 4.03. The van der Waals surface area contributed by atoms with E-state index in [4.69, 9.17) is 4.74 Å². The number of benzene rings is 1. The van der Waals surface area contributed by atoms with E-state index in [1.54, 1.807) is 24.5 Å². The zero-order valence-electron chi connectivity index (χ0n) is 16.6. The van der Waals surface area contributed by atoms with Crippen LogP contribution < -0.4 is 10.3 Å². The Balaban J connectivity index is 1.69. The molecule has 0 aliphatic heterocycles. The van der Waals surface area contributed by atoms with Gasteiger partial charge in [0, 0.05) is 40.5 Å². The molecule has 0 radical (unpaired) electrons. The molecule has 1 aliphatic rings. The number of pyridine rings is 2. The quantitative estimate of drug-likeness (QED) is 0.691. The van der Waals surface area contributed by atoms with Crippen LogP contribution >= 0.6 is 0 Å². The second-order valence-corrected chi connectivity index (χ2v) is 7.41. The first-order valence-corrected chi connectivity index (χ1v) is 10.2. The number of carbonyl (C=O) groups excluding carboxylic acids is 1. The summed E-state index contributed by atoms with van der Waals surface area (Å²) in [6, 6.07) is 11.1. The third-order valence-electron chi connectivity index (χ3n) is 5.50. The van der Waals surface area contributed by atoms with Gasteiger partial charge in [-0.2, -0.15) is 0 Å². The lowest BCUT2D eigenvalue weighted by Crippen LogP contribution is -2.39. The van der Waals surface area contributed by atoms with E-state index in [2.05, 4.69) is 9.97 Å². The van der Waals surface area contributed by atoms with Crippen LogP contribution in [0.1, 0.15) is 48.5 Å². The Morgan fingerprint density at radius 2 is 1.93 bits per heavy atom. The Hall–Kier alpha value is -3.15. The molecule has 0 unspecified atom stereocenters. The van der Waals surface area contributed by atoms with Gasteiger partial charge in [-0.25, -0.2) is 0 Å². The minimum absolute atomic E-state index is 0.0538. The summed E-state index contributed by atoms with van der Waals surface area (Å²) in [6.45, 7) is 2.81. The summed E-state index contributed by atoms with van der Waals surface area (Å²) in [5, 5.41) is 0.897. The number of aromatic nitrogens is 2. The van der Waals surface area contributed by atoms with Crippen LogP contribution in [-0.2, 0) is 6.54 Å². The Bertz CT molecular complexity index is 1060. The molecule has 3 aromatic rings. The lowest BCUT2D eigenvalue weighted by Gasteiger charge is -2.29. The number of hydrogen-bond acceptors (Lipinski definition) is 4. The Morgan fingerprint density at radius 3 is 2.66 bits per heavy atom. The molecule has 2 aromatic heterocycles. The summed E-state index contributed by atoms with van der Waals surface area (Å²) in [4.78, 5) is 34.7. The van der Waals surface area contributed by atoms with Crippen LogP contribution in [0.15, 0.2) is 53.6 Å². The number of H-pyrrole nitrogens is 1. The summed E-state index contributed by atoms with van der Waals surface area (Å²) >= 11 is 0. The monoisotopic (exact) mass is 391 g/mol. The standard InChI is InChI=1S/C23H25N3O3/c1-2-29-20-7-8-21-17(14-20)13-18(22(27)25-21)15-26(19-5-3-4-6-19)23(28)16-9-11-24-12-10-16/h7-14,19H,2-6,15H2,1H3,(H,25,27). The van der Waals surface area contributed by atoms with Crippen LogP contribution in [-0.4, -0.2) is 33.4 Å². The van der Waals surface area contributed by atoms with Gasteiger partial charge in [0.2, 0.25) is 0 Å². The molecule has 29 heavy (non-hydrogen) atoms. The average molecular weight is 391 g/mol. The van der Waals surface area contributed by atoms with E-state index in [9.17, 15) is 9.59 Å². The largest absolute Gasteiger partial charge is 0.494 e. The van der Waals surface area contributed by atoms with E-state index in [1.165, 1.54) is 0 Å². The van der Waals surface area contributed by atoms with Crippen molar-refractivity contribution in [1.82, 2.24) is 14.9 Å². The van der Waals surface area contributed by atoms with Gasteiger partial charge in [0.25, 0.3) is 11.5 Å². The molecule has 150 valence electrons. The number of ether oxygens (including phenoxy) is 1. The predicted molar refractivity (Wildman–Crippen MR) is 112 cm³/mol. The molecular formula is C23H25N3O3. The first-order valence-electron chi connectivity index (χ1n) is 10.2. The lowest BCUT2D eigenvalue weighted by atomic mass is 10.1. The molecular weight excluding hydrogens is 366 g/mol. The van der Waals surface area contributed by atoms with E-state index < -0.39 is 0 Å². The zero-order chi connectivity index (χ0) is 20.2. The highest BCUT2D eigenvalue weighted by molar-refractivity contribution is 5.94. The average Bonchev–Trinajstić information content (AvgIpc) is 3.27. The molecule has 1 saturated carbocycles. The minimum Gasteiger partial charge on any atom is -0.494 e. The summed E-state index contributed by atoms with van der Waals surface area (Å²) < 4.78 is 5.58. The van der Waals surface area contributed by atoms with E-state index in [1.807, 2.05) is 36.1 Å². The highest BCUT2D eigenvalue weighted by Gasteiger charge is 2.28. The number of fused-ring (bicyclic) bond motifs is 1. The number of nitrogens with one attached hydrogen (secondary N) is 1. The molecule has 1 aliphatic carbocycles. The van der Waals surface area contributed by atoms with Crippen molar-refractivity contribution in [1.29, 1.82) is 0 Å². The van der Waals surface area contributed by atoms with Crippen molar-refractivity contribution in [2.24, 2.45) is 0 Å². The van der Waals surface area contributed by atoms with Gasteiger partial charge in [0.15, 0.2) is 0 Å². The van der Waals surface area contributed by atoms with E-state index in [0.717, 1.165) is 42.3 Å². The molecule has 0 bridgehead atoms. The molecule has 1 fully saturated rings. The van der Waals surface area contributed by atoms with Crippen LogP contribution in [0.4, 0.5) is 0 Å². The van der Waals surface area contributed by atoms with Gasteiger partial charge in [-0.05, 0) is 56.2 Å². The number of amides is 1. The molecule has 1 aromatic carbocycles. The van der Waals surface area contributed by atoms with Crippen molar-refractivity contribution in [2.75, 3.05) is 6.61 Å². The van der Waals surface area contributed by atoms with Crippen molar-refractivity contribution in [3.05, 3.63) is 70.3 Å². The summed E-state index contributed by atoms with van der Waals surface area (Å²) in [5.41, 5.74) is 1.78. The summed E-state index contributed by atoms with van der Waals surface area (Å²) in [7, 11) is 0. The predicted octanol–water partition coefficient (Wildman–Crippen LogP) is 3.91.